The van der Waals surface area contributed by atoms with E-state index in [0.717, 1.165) is 17.4 Å². The topological polar surface area (TPSA) is 109 Å². The number of nitrogens with two attached hydrogens (primary N) is 2. The largest absolute Gasteiger partial charge is 0.389 e. The number of carbonyl (C=O) groups is 1. The van der Waals surface area contributed by atoms with Gasteiger partial charge in [-0.1, -0.05) is 18.1 Å². The second-order valence-corrected chi connectivity index (χ2v) is 9.49. The molecular formula is C27H19F2N5OS. The molecule has 1 unspecified atom stereocenters. The molecule has 1 aliphatic rings. The number of nitriles is 1. The number of hydrogen-bond donors (Lipinski definition) is 2. The van der Waals surface area contributed by atoms with E-state index in [1.807, 2.05) is 13.0 Å². The Kier molecular flexibility index (Phi) is 5.58. The van der Waals surface area contributed by atoms with E-state index >= 15 is 4.39 Å². The van der Waals surface area contributed by atoms with E-state index in [0.29, 0.717) is 29.9 Å². The van der Waals surface area contributed by atoms with Crippen LogP contribution in [0.2, 0.25) is 0 Å². The molecule has 0 radical (unpaired) electrons. The first-order valence-electron chi connectivity index (χ1n) is 11.0. The number of thiophene rings is 1. The quantitative estimate of drug-likeness (QED) is 0.385. The highest BCUT2D eigenvalue weighted by molar-refractivity contribution is 7.23. The summed E-state index contributed by atoms with van der Waals surface area (Å²) in [7, 11) is 0. The minimum atomic E-state index is -0.744. The standard InChI is InChI=1S/C27H19F2N5OS/c1-3-14-16-8-10-34(13(2)15-5-4-9-33-25(15)31)27(35)18(16)11-21(29)22(14)17-6-7-20(28)24-23(17)19(12-30)26(32)36-24/h1,4-7,9,11,13H,8,10,32H2,2H3,(H2,31,33). The van der Waals surface area contributed by atoms with E-state index in [4.69, 9.17) is 17.9 Å². The van der Waals surface area contributed by atoms with Crippen molar-refractivity contribution >= 4 is 38.1 Å². The van der Waals surface area contributed by atoms with Crippen LogP contribution in [0.1, 0.15) is 45.6 Å². The summed E-state index contributed by atoms with van der Waals surface area (Å²) in [4.78, 5) is 19.2. The number of carbonyl (C=O) groups excluding carboxylic acids is 1. The first-order chi connectivity index (χ1) is 17.3. The molecule has 6 nitrogen and oxygen atoms in total. The normalized spacial score (nSPS) is 13.8. The Morgan fingerprint density at radius 3 is 2.67 bits per heavy atom. The predicted molar refractivity (Wildman–Crippen MR) is 136 cm³/mol. The van der Waals surface area contributed by atoms with Gasteiger partial charge in [0.2, 0.25) is 0 Å². The van der Waals surface area contributed by atoms with E-state index < -0.39 is 11.6 Å². The molecule has 0 bridgehead atoms. The van der Waals surface area contributed by atoms with Gasteiger partial charge in [-0.05, 0) is 42.7 Å². The van der Waals surface area contributed by atoms with Crippen molar-refractivity contribution in [1.82, 2.24) is 9.88 Å². The van der Waals surface area contributed by atoms with Gasteiger partial charge in [-0.15, -0.1) is 17.8 Å². The molecule has 5 rings (SSSR count). The van der Waals surface area contributed by atoms with Crippen LogP contribution in [-0.4, -0.2) is 22.3 Å². The molecule has 3 heterocycles. The summed E-state index contributed by atoms with van der Waals surface area (Å²) >= 11 is 0.920. The maximum Gasteiger partial charge on any atom is 0.254 e. The molecule has 9 heteroatoms. The van der Waals surface area contributed by atoms with E-state index in [1.54, 1.807) is 23.2 Å². The minimum Gasteiger partial charge on any atom is -0.389 e. The van der Waals surface area contributed by atoms with E-state index in [2.05, 4.69) is 10.9 Å². The van der Waals surface area contributed by atoms with Gasteiger partial charge in [0.05, 0.1) is 16.3 Å². The van der Waals surface area contributed by atoms with Gasteiger partial charge in [-0.25, -0.2) is 13.8 Å². The number of nitrogens with zero attached hydrogens (tertiary/aromatic N) is 3. The van der Waals surface area contributed by atoms with Crippen LogP contribution in [0.5, 0.6) is 0 Å². The number of anilines is 2. The molecule has 0 spiro atoms. The third-order valence-electron chi connectivity index (χ3n) is 6.61. The van der Waals surface area contributed by atoms with Crippen molar-refractivity contribution in [1.29, 1.82) is 5.26 Å². The molecule has 178 valence electrons. The number of benzene rings is 2. The van der Waals surface area contributed by atoms with Crippen molar-refractivity contribution in [3.63, 3.8) is 0 Å². The smallest absolute Gasteiger partial charge is 0.254 e. The monoisotopic (exact) mass is 499 g/mol. The van der Waals surface area contributed by atoms with E-state index in [1.165, 1.54) is 12.1 Å². The maximum absolute atomic E-state index is 15.8. The summed E-state index contributed by atoms with van der Waals surface area (Å²) in [6, 6.07) is 8.88. The van der Waals surface area contributed by atoms with Gasteiger partial charge >= 0.3 is 0 Å². The molecule has 0 saturated heterocycles. The van der Waals surface area contributed by atoms with Gasteiger partial charge in [0.1, 0.15) is 28.5 Å². The first kappa shape index (κ1) is 23.3. The molecule has 1 atom stereocenters. The van der Waals surface area contributed by atoms with E-state index in [9.17, 15) is 14.4 Å². The summed E-state index contributed by atoms with van der Waals surface area (Å²) in [5, 5.41) is 9.98. The number of aromatic nitrogens is 1. The highest BCUT2D eigenvalue weighted by Gasteiger charge is 2.33. The third kappa shape index (κ3) is 3.36. The van der Waals surface area contributed by atoms with Crippen molar-refractivity contribution in [2.75, 3.05) is 18.0 Å². The highest BCUT2D eigenvalue weighted by Crippen LogP contribution is 2.44. The van der Waals surface area contributed by atoms with Crippen molar-refractivity contribution in [3.8, 4) is 29.5 Å². The number of nitrogen functional groups attached to an aromatic ring is 2. The van der Waals surface area contributed by atoms with E-state index in [-0.39, 0.29) is 54.9 Å². The molecule has 0 aliphatic carbocycles. The lowest BCUT2D eigenvalue weighted by Crippen LogP contribution is -2.40. The number of halogens is 2. The Balaban J connectivity index is 1.68. The van der Waals surface area contributed by atoms with Gasteiger partial charge in [0.25, 0.3) is 5.91 Å². The Morgan fingerprint density at radius 2 is 1.97 bits per heavy atom. The molecule has 4 N–H and O–H groups in total. The Labute approximate surface area is 209 Å². The summed E-state index contributed by atoms with van der Waals surface area (Å²) in [5.41, 5.74) is 13.9. The Bertz CT molecular complexity index is 1660. The Morgan fingerprint density at radius 1 is 1.19 bits per heavy atom. The fourth-order valence-corrected chi connectivity index (χ4v) is 5.83. The van der Waals surface area contributed by atoms with Gasteiger partial charge in [0.15, 0.2) is 0 Å². The number of fused-ring (bicyclic) bond motifs is 2. The van der Waals surface area contributed by atoms with Crippen LogP contribution < -0.4 is 11.5 Å². The van der Waals surface area contributed by atoms with Gasteiger partial charge < -0.3 is 16.4 Å². The zero-order valence-corrected chi connectivity index (χ0v) is 19.9. The average Bonchev–Trinajstić information content (AvgIpc) is 3.21. The summed E-state index contributed by atoms with van der Waals surface area (Å²) in [6.45, 7) is 2.16. The molecule has 1 aliphatic heterocycles. The van der Waals surface area contributed by atoms with Gasteiger partial charge in [-0.2, -0.15) is 5.26 Å². The zero-order valence-electron chi connectivity index (χ0n) is 19.1. The highest BCUT2D eigenvalue weighted by atomic mass is 32.1. The summed E-state index contributed by atoms with van der Waals surface area (Å²) in [5.74, 6) is 1.17. The average molecular weight is 500 g/mol. The second-order valence-electron chi connectivity index (χ2n) is 8.43. The molecule has 4 aromatic rings. The number of amides is 1. The predicted octanol–water partition coefficient (Wildman–Crippen LogP) is 5.02. The number of terminal acetylenes is 1. The second kappa shape index (κ2) is 8.63. The third-order valence-corrected chi connectivity index (χ3v) is 7.64. The fraction of sp³-hybridized carbons (Fsp3) is 0.148. The minimum absolute atomic E-state index is 0.0429. The number of pyridine rings is 1. The van der Waals surface area contributed by atoms with Crippen LogP contribution in [0.25, 0.3) is 21.2 Å². The molecule has 0 saturated carbocycles. The lowest BCUT2D eigenvalue weighted by Gasteiger charge is -2.35. The fourth-order valence-electron chi connectivity index (χ4n) is 4.88. The number of rotatable bonds is 3. The van der Waals surface area contributed by atoms with Gasteiger partial charge in [0, 0.05) is 40.4 Å². The number of hydrogen-bond acceptors (Lipinski definition) is 6. The molecule has 2 aromatic carbocycles. The lowest BCUT2D eigenvalue weighted by molar-refractivity contribution is 0.0672. The molecular weight excluding hydrogens is 480 g/mol. The molecule has 2 aromatic heterocycles. The zero-order chi connectivity index (χ0) is 25.7. The van der Waals surface area contributed by atoms with Crippen LogP contribution in [0.3, 0.4) is 0 Å². The van der Waals surface area contributed by atoms with Crippen molar-refractivity contribution in [2.45, 2.75) is 19.4 Å². The van der Waals surface area contributed by atoms with Crippen LogP contribution in [-0.2, 0) is 6.42 Å². The van der Waals surface area contributed by atoms with Crippen LogP contribution in [0.4, 0.5) is 19.6 Å². The SMILES string of the molecule is C#Cc1c2c(cc(F)c1-c1ccc(F)c3sc(N)c(C#N)c13)C(=O)N(C(C)c1cccnc1N)CC2. The first-order valence-corrected chi connectivity index (χ1v) is 11.8. The van der Waals surface area contributed by atoms with Crippen LogP contribution >= 0.6 is 11.3 Å². The Hall–Kier alpha value is -4.47. The lowest BCUT2D eigenvalue weighted by atomic mass is 9.85. The van der Waals surface area contributed by atoms with Crippen molar-refractivity contribution < 1.29 is 13.6 Å². The van der Waals surface area contributed by atoms with Gasteiger partial charge in [-0.3, -0.25) is 4.79 Å². The summed E-state index contributed by atoms with van der Waals surface area (Å²) < 4.78 is 30.5. The van der Waals surface area contributed by atoms with Crippen molar-refractivity contribution in [2.24, 2.45) is 0 Å². The summed E-state index contributed by atoms with van der Waals surface area (Å²) in [6.07, 6.45) is 7.80. The van der Waals surface area contributed by atoms with Crippen molar-refractivity contribution in [3.05, 3.63) is 76.0 Å². The maximum atomic E-state index is 15.8. The molecule has 0 fully saturated rings. The van der Waals surface area contributed by atoms with Crippen LogP contribution in [0.15, 0.2) is 36.5 Å². The van der Waals surface area contributed by atoms with Crippen LogP contribution in [0, 0.1) is 35.3 Å². The molecule has 36 heavy (non-hydrogen) atoms. The molecule has 1 amide bonds.